The normalized spacial score (nSPS) is 13.0. The lowest BCUT2D eigenvalue weighted by atomic mass is 10.1. The molecule has 0 saturated carbocycles. The molecule has 8 heteroatoms. The van der Waals surface area contributed by atoms with E-state index in [0.29, 0.717) is 35.5 Å². The number of carboxylic acids is 1. The van der Waals surface area contributed by atoms with Gasteiger partial charge in [-0.15, -0.1) is 11.3 Å². The molecule has 2 amide bonds. The number of thiophene rings is 1. The molecule has 182 valence electrons. The molecule has 1 aliphatic rings. The number of nitrogens with zero attached hydrogens (tertiary/aromatic N) is 1. The Balaban J connectivity index is 1.60. The van der Waals surface area contributed by atoms with Crippen LogP contribution in [0.25, 0.3) is 0 Å². The number of aliphatic carboxylic acids is 1. The minimum atomic E-state index is -0.904. The molecule has 0 atom stereocenters. The highest BCUT2D eigenvalue weighted by molar-refractivity contribution is 7.10. The van der Waals surface area contributed by atoms with Gasteiger partial charge in [0, 0.05) is 29.0 Å². The molecular weight excluding hydrogens is 464 g/mol. The lowest BCUT2D eigenvalue weighted by molar-refractivity contribution is -0.137. The van der Waals surface area contributed by atoms with Gasteiger partial charge in [-0.1, -0.05) is 18.2 Å². The number of carboxylic acid groups (broad SMARTS) is 1. The number of hydrogen-bond donors (Lipinski definition) is 2. The van der Waals surface area contributed by atoms with Crippen molar-refractivity contribution in [2.24, 2.45) is 0 Å². The molecule has 0 bridgehead atoms. The summed E-state index contributed by atoms with van der Waals surface area (Å²) in [5.74, 6) is -0.978. The number of rotatable bonds is 8. The van der Waals surface area contributed by atoms with Crippen molar-refractivity contribution in [3.05, 3.63) is 75.5 Å². The van der Waals surface area contributed by atoms with Crippen molar-refractivity contribution < 1.29 is 24.2 Å². The summed E-state index contributed by atoms with van der Waals surface area (Å²) in [4.78, 5) is 40.3. The van der Waals surface area contributed by atoms with Crippen LogP contribution < -0.4 is 15.0 Å². The molecule has 35 heavy (non-hydrogen) atoms. The van der Waals surface area contributed by atoms with E-state index < -0.39 is 5.97 Å². The van der Waals surface area contributed by atoms with E-state index in [4.69, 9.17) is 9.84 Å². The van der Waals surface area contributed by atoms with Crippen LogP contribution in [0.15, 0.2) is 53.9 Å². The van der Waals surface area contributed by atoms with Gasteiger partial charge in [0.1, 0.15) is 5.75 Å². The molecule has 0 radical (unpaired) electrons. The average Bonchev–Trinajstić information content (AvgIpc) is 3.21. The van der Waals surface area contributed by atoms with Crippen molar-refractivity contribution in [3.63, 3.8) is 0 Å². The average molecular weight is 493 g/mol. The number of nitrogens with one attached hydrogen (secondary N) is 1. The molecule has 7 nitrogen and oxygen atoms in total. The number of hydrogen-bond acceptors (Lipinski definition) is 5. The van der Waals surface area contributed by atoms with Gasteiger partial charge in [0.05, 0.1) is 18.0 Å². The third kappa shape index (κ3) is 5.89. The Hall–Kier alpha value is -3.65. The summed E-state index contributed by atoms with van der Waals surface area (Å²) in [7, 11) is 0. The Labute approximate surface area is 208 Å². The number of ether oxygens (including phenoxy) is 1. The van der Waals surface area contributed by atoms with Gasteiger partial charge >= 0.3 is 5.97 Å². The molecule has 2 aromatic carbocycles. The Morgan fingerprint density at radius 3 is 2.74 bits per heavy atom. The fraction of sp³-hybridized carbons (Fsp3) is 0.296. The molecule has 0 saturated heterocycles. The number of benzene rings is 2. The molecule has 2 heterocycles. The summed E-state index contributed by atoms with van der Waals surface area (Å²) in [5, 5.41) is 13.8. The Morgan fingerprint density at radius 2 is 1.94 bits per heavy atom. The van der Waals surface area contributed by atoms with Gasteiger partial charge in [-0.05, 0) is 73.9 Å². The molecule has 4 rings (SSSR count). The minimum Gasteiger partial charge on any atom is -0.491 e. The number of aryl methyl sites for hydroxylation is 2. The summed E-state index contributed by atoms with van der Waals surface area (Å²) in [6.07, 6.45) is 3.22. The molecule has 1 aromatic heterocycles. The maximum absolute atomic E-state index is 13.5. The Kier molecular flexibility index (Phi) is 7.82. The first-order valence-electron chi connectivity index (χ1n) is 11.7. The smallest absolute Gasteiger partial charge is 0.303 e. The van der Waals surface area contributed by atoms with E-state index in [-0.39, 0.29) is 24.8 Å². The van der Waals surface area contributed by atoms with Crippen molar-refractivity contribution in [2.45, 2.75) is 39.0 Å². The van der Waals surface area contributed by atoms with Gasteiger partial charge in [-0.3, -0.25) is 14.4 Å². The molecule has 1 aliphatic heterocycles. The van der Waals surface area contributed by atoms with Crippen molar-refractivity contribution in [3.8, 4) is 5.75 Å². The second-order valence-corrected chi connectivity index (χ2v) is 9.47. The standard InChI is InChI=1S/C27H28N2O5S/c1-18-7-2-3-8-20(18)26(32)28-21-12-11-19(17-23(21)34-15-6-10-25(30)31)27(33)29-14-5-4-9-24-22(29)13-16-35-24/h2-3,7-8,11-13,16-17H,4-6,9-10,14-15H2,1H3,(H,28,32)(H,30,31). The number of fused-ring (bicyclic) bond motifs is 1. The zero-order chi connectivity index (χ0) is 24.8. The van der Waals surface area contributed by atoms with Gasteiger partial charge in [-0.2, -0.15) is 0 Å². The van der Waals surface area contributed by atoms with E-state index in [2.05, 4.69) is 5.32 Å². The summed E-state index contributed by atoms with van der Waals surface area (Å²) < 4.78 is 5.87. The second kappa shape index (κ2) is 11.2. The van der Waals surface area contributed by atoms with Crippen LogP contribution in [0, 0.1) is 6.92 Å². The van der Waals surface area contributed by atoms with Crippen LogP contribution in [0.5, 0.6) is 5.75 Å². The first-order chi connectivity index (χ1) is 16.9. The van der Waals surface area contributed by atoms with Crippen LogP contribution >= 0.6 is 11.3 Å². The first kappa shape index (κ1) is 24.5. The summed E-state index contributed by atoms with van der Waals surface area (Å²) in [6, 6.07) is 14.3. The highest BCUT2D eigenvalue weighted by Gasteiger charge is 2.24. The molecule has 0 aliphatic carbocycles. The fourth-order valence-corrected chi connectivity index (χ4v) is 5.03. The summed E-state index contributed by atoms with van der Waals surface area (Å²) in [6.45, 7) is 2.65. The number of amides is 2. The highest BCUT2D eigenvalue weighted by atomic mass is 32.1. The van der Waals surface area contributed by atoms with E-state index in [0.717, 1.165) is 30.5 Å². The summed E-state index contributed by atoms with van der Waals surface area (Å²) >= 11 is 1.67. The number of anilines is 2. The van der Waals surface area contributed by atoms with Crippen LogP contribution in [0.4, 0.5) is 11.4 Å². The lowest BCUT2D eigenvalue weighted by Crippen LogP contribution is -2.31. The molecule has 0 unspecified atom stereocenters. The Morgan fingerprint density at radius 1 is 1.11 bits per heavy atom. The lowest BCUT2D eigenvalue weighted by Gasteiger charge is -2.22. The van der Waals surface area contributed by atoms with Crippen LogP contribution in [0.1, 0.15) is 56.8 Å². The van der Waals surface area contributed by atoms with E-state index >= 15 is 0 Å². The number of carbonyl (C=O) groups is 3. The molecule has 3 aromatic rings. The number of carbonyl (C=O) groups excluding carboxylic acids is 2. The highest BCUT2D eigenvalue weighted by Crippen LogP contribution is 2.33. The monoisotopic (exact) mass is 492 g/mol. The summed E-state index contributed by atoms with van der Waals surface area (Å²) in [5.41, 5.74) is 3.22. The van der Waals surface area contributed by atoms with Crippen molar-refractivity contribution in [1.82, 2.24) is 0 Å². The van der Waals surface area contributed by atoms with Gasteiger partial charge in [0.25, 0.3) is 11.8 Å². The molecule has 0 spiro atoms. The van der Waals surface area contributed by atoms with Gasteiger partial charge in [0.15, 0.2) is 0 Å². The van der Waals surface area contributed by atoms with Gasteiger partial charge in [-0.25, -0.2) is 0 Å². The van der Waals surface area contributed by atoms with Crippen molar-refractivity contribution >= 4 is 40.5 Å². The third-order valence-corrected chi connectivity index (χ3v) is 6.92. The van der Waals surface area contributed by atoms with Crippen LogP contribution in [-0.2, 0) is 11.2 Å². The van der Waals surface area contributed by atoms with Crippen LogP contribution in [-0.4, -0.2) is 36.0 Å². The predicted octanol–water partition coefficient (Wildman–Crippen LogP) is 5.54. The molecule has 2 N–H and O–H groups in total. The third-order valence-electron chi connectivity index (χ3n) is 5.95. The van der Waals surface area contributed by atoms with Gasteiger partial charge < -0.3 is 20.1 Å². The van der Waals surface area contributed by atoms with Crippen molar-refractivity contribution in [2.75, 3.05) is 23.4 Å². The largest absolute Gasteiger partial charge is 0.491 e. The second-order valence-electron chi connectivity index (χ2n) is 8.47. The maximum atomic E-state index is 13.5. The van der Waals surface area contributed by atoms with Crippen LogP contribution in [0.3, 0.4) is 0 Å². The zero-order valence-electron chi connectivity index (χ0n) is 19.6. The van der Waals surface area contributed by atoms with E-state index in [1.54, 1.807) is 41.7 Å². The predicted molar refractivity (Wildman–Crippen MR) is 137 cm³/mol. The van der Waals surface area contributed by atoms with E-state index in [1.165, 1.54) is 4.88 Å². The van der Waals surface area contributed by atoms with Gasteiger partial charge in [0.2, 0.25) is 0 Å². The van der Waals surface area contributed by atoms with Crippen molar-refractivity contribution in [1.29, 1.82) is 0 Å². The minimum absolute atomic E-state index is 0.0295. The molecular formula is C27H28N2O5S. The maximum Gasteiger partial charge on any atom is 0.303 e. The van der Waals surface area contributed by atoms with E-state index in [1.807, 2.05) is 35.4 Å². The molecule has 0 fully saturated rings. The SMILES string of the molecule is Cc1ccccc1C(=O)Nc1ccc(C(=O)N2CCCCc3sccc32)cc1OCCCC(=O)O. The zero-order valence-corrected chi connectivity index (χ0v) is 20.4. The Bertz CT molecular complexity index is 1240. The topological polar surface area (TPSA) is 95.9 Å². The van der Waals surface area contributed by atoms with Crippen LogP contribution in [0.2, 0.25) is 0 Å². The first-order valence-corrected chi connectivity index (χ1v) is 12.6. The van der Waals surface area contributed by atoms with E-state index in [9.17, 15) is 14.4 Å². The quantitative estimate of drug-likeness (QED) is 0.403. The fourth-order valence-electron chi connectivity index (χ4n) is 4.11.